The van der Waals surface area contributed by atoms with E-state index < -0.39 is 5.91 Å². The first-order chi connectivity index (χ1) is 18.0. The Balaban J connectivity index is 1.48. The normalized spacial score (nSPS) is 13.9. The molecule has 4 N–H and O–H groups in total. The van der Waals surface area contributed by atoms with Gasteiger partial charge in [-0.25, -0.2) is 4.98 Å². The van der Waals surface area contributed by atoms with E-state index in [4.69, 9.17) is 29.6 Å². The average Bonchev–Trinajstić information content (AvgIpc) is 3.63. The second-order valence-electron chi connectivity index (χ2n) is 9.09. The highest BCUT2D eigenvalue weighted by Gasteiger charge is 2.23. The molecule has 0 aliphatic heterocycles. The third kappa shape index (κ3) is 4.20. The number of amides is 1. The minimum atomic E-state index is -0.592. The average molecular weight is 499 g/mol. The Morgan fingerprint density at radius 3 is 2.78 bits per heavy atom. The van der Waals surface area contributed by atoms with Crippen molar-refractivity contribution in [1.29, 1.82) is 0 Å². The minimum absolute atomic E-state index is 0.0699. The summed E-state index contributed by atoms with van der Waals surface area (Å²) in [5, 5.41) is 3.90. The van der Waals surface area contributed by atoms with Gasteiger partial charge in [0.05, 0.1) is 23.7 Å². The van der Waals surface area contributed by atoms with Crippen molar-refractivity contribution in [1.82, 2.24) is 19.9 Å². The number of aryl methyl sites for hydroxylation is 1. The van der Waals surface area contributed by atoms with Crippen molar-refractivity contribution in [2.24, 2.45) is 5.73 Å². The van der Waals surface area contributed by atoms with Crippen molar-refractivity contribution in [3.8, 4) is 22.8 Å². The van der Waals surface area contributed by atoms with Crippen LogP contribution in [0, 0.1) is 6.92 Å². The second kappa shape index (κ2) is 9.12. The number of methoxy groups -OCH3 is 1. The van der Waals surface area contributed by atoms with Crippen LogP contribution in [0.5, 0.6) is 11.6 Å². The molecule has 0 atom stereocenters. The highest BCUT2D eigenvalue weighted by atomic mass is 16.5. The molecule has 37 heavy (non-hydrogen) atoms. The summed E-state index contributed by atoms with van der Waals surface area (Å²) in [5.74, 6) is 1.18. The molecule has 0 unspecified atom stereocenters. The maximum Gasteiger partial charge on any atom is 0.250 e. The van der Waals surface area contributed by atoms with Crippen LogP contribution in [0.1, 0.15) is 41.9 Å². The molecule has 1 aliphatic rings. The Morgan fingerprint density at radius 1 is 1.16 bits per heavy atom. The number of benzene rings is 2. The summed E-state index contributed by atoms with van der Waals surface area (Å²) in [6.07, 6.45) is 6.13. The van der Waals surface area contributed by atoms with Crippen LogP contribution in [0.4, 0.5) is 11.6 Å². The van der Waals surface area contributed by atoms with Gasteiger partial charge in [0.2, 0.25) is 11.8 Å². The van der Waals surface area contributed by atoms with Crippen LogP contribution in [0.15, 0.2) is 47.0 Å². The number of nitrogens with two attached hydrogens (primary N) is 1. The number of rotatable bonds is 7. The Labute approximate surface area is 212 Å². The summed E-state index contributed by atoms with van der Waals surface area (Å²) in [6.45, 7) is 1.83. The van der Waals surface area contributed by atoms with Crippen molar-refractivity contribution >= 4 is 39.7 Å². The number of hydrogen-bond acceptors (Lipinski definition) is 8. The number of carbonyl (C=O) groups is 1. The summed E-state index contributed by atoms with van der Waals surface area (Å²) in [7, 11) is 1.52. The van der Waals surface area contributed by atoms with Crippen LogP contribution in [0.3, 0.4) is 0 Å². The topological polar surface area (TPSA) is 141 Å². The number of ether oxygens (including phenoxy) is 2. The van der Waals surface area contributed by atoms with Gasteiger partial charge in [-0.3, -0.25) is 4.79 Å². The predicted octanol–water partition coefficient (Wildman–Crippen LogP) is 5.25. The van der Waals surface area contributed by atoms with Crippen LogP contribution in [0.25, 0.3) is 33.3 Å². The van der Waals surface area contributed by atoms with Gasteiger partial charge in [-0.05, 0) is 55.5 Å². The standard InChI is InChI=1S/C27H26N6O4/c1-14-30-19-11-10-15(12-21(19)36-14)18-13-29-25-22(18)26(37-16-6-3-4-7-16)33-27(32-25)31-23-17(24(28)34)8-5-9-20(23)35-2/h5,8-13,16H,3-4,6-7H2,1-2H3,(H2,28,34)(H2,29,31,32,33). The first-order valence-electron chi connectivity index (χ1n) is 12.2. The van der Waals surface area contributed by atoms with E-state index in [0.29, 0.717) is 34.4 Å². The molecule has 10 heteroatoms. The molecular weight excluding hydrogens is 472 g/mol. The number of fused-ring (bicyclic) bond motifs is 2. The SMILES string of the molecule is COc1cccc(C(N)=O)c1Nc1nc(OC2CCCC2)c2c(-c3ccc4nc(C)oc4c3)c[nH]c2n1. The molecule has 10 nitrogen and oxygen atoms in total. The monoisotopic (exact) mass is 498 g/mol. The van der Waals surface area contributed by atoms with Crippen LogP contribution >= 0.6 is 0 Å². The lowest BCUT2D eigenvalue weighted by Crippen LogP contribution is -2.15. The number of aromatic nitrogens is 4. The maximum absolute atomic E-state index is 12.1. The largest absolute Gasteiger partial charge is 0.495 e. The molecule has 6 rings (SSSR count). The third-order valence-electron chi connectivity index (χ3n) is 6.63. The van der Waals surface area contributed by atoms with Gasteiger partial charge in [-0.15, -0.1) is 0 Å². The van der Waals surface area contributed by atoms with Crippen molar-refractivity contribution in [3.63, 3.8) is 0 Å². The van der Waals surface area contributed by atoms with Gasteiger partial charge >= 0.3 is 0 Å². The molecular formula is C27H26N6O4. The Hall–Kier alpha value is -4.60. The summed E-state index contributed by atoms with van der Waals surface area (Å²) in [6, 6.07) is 10.9. The van der Waals surface area contributed by atoms with Gasteiger partial charge < -0.3 is 29.9 Å². The molecule has 2 aromatic carbocycles. The van der Waals surface area contributed by atoms with Gasteiger partial charge in [0, 0.05) is 18.7 Å². The fraction of sp³-hybridized carbons (Fsp3) is 0.259. The van der Waals surface area contributed by atoms with Crippen molar-refractivity contribution < 1.29 is 18.7 Å². The zero-order chi connectivity index (χ0) is 25.5. The van der Waals surface area contributed by atoms with Gasteiger partial charge in [-0.1, -0.05) is 12.1 Å². The number of nitrogens with zero attached hydrogens (tertiary/aromatic N) is 3. The molecule has 0 bridgehead atoms. The smallest absolute Gasteiger partial charge is 0.250 e. The van der Waals surface area contributed by atoms with E-state index in [2.05, 4.69) is 15.3 Å². The number of anilines is 2. The fourth-order valence-electron chi connectivity index (χ4n) is 4.89. The fourth-order valence-corrected chi connectivity index (χ4v) is 4.89. The van der Waals surface area contributed by atoms with Crippen molar-refractivity contribution in [2.75, 3.05) is 12.4 Å². The van der Waals surface area contributed by atoms with Gasteiger partial charge in [0.1, 0.15) is 23.0 Å². The Morgan fingerprint density at radius 2 is 2.00 bits per heavy atom. The molecule has 1 saturated carbocycles. The summed E-state index contributed by atoms with van der Waals surface area (Å²) in [5.41, 5.74) is 10.2. The number of nitrogens with one attached hydrogen (secondary N) is 2. The third-order valence-corrected chi connectivity index (χ3v) is 6.63. The molecule has 0 radical (unpaired) electrons. The maximum atomic E-state index is 12.1. The molecule has 3 heterocycles. The quantitative estimate of drug-likeness (QED) is 0.276. The van der Waals surface area contributed by atoms with Crippen LogP contribution in [-0.2, 0) is 0 Å². The van der Waals surface area contributed by atoms with E-state index in [9.17, 15) is 4.79 Å². The van der Waals surface area contributed by atoms with Crippen molar-refractivity contribution in [3.05, 3.63) is 54.0 Å². The van der Waals surface area contributed by atoms with Crippen LogP contribution in [-0.4, -0.2) is 39.1 Å². The lowest BCUT2D eigenvalue weighted by Gasteiger charge is -2.16. The van der Waals surface area contributed by atoms with Crippen LogP contribution < -0.4 is 20.5 Å². The summed E-state index contributed by atoms with van der Waals surface area (Å²) >= 11 is 0. The molecule has 1 amide bonds. The number of oxazole rings is 1. The molecule has 5 aromatic rings. The van der Waals surface area contributed by atoms with E-state index >= 15 is 0 Å². The molecule has 0 saturated heterocycles. The summed E-state index contributed by atoms with van der Waals surface area (Å²) < 4.78 is 17.6. The van der Waals surface area contributed by atoms with Crippen molar-refractivity contribution in [2.45, 2.75) is 38.7 Å². The van der Waals surface area contributed by atoms with Gasteiger partial charge in [0.25, 0.3) is 5.91 Å². The molecule has 1 fully saturated rings. The zero-order valence-electron chi connectivity index (χ0n) is 20.5. The molecule has 0 spiro atoms. The number of para-hydroxylation sites is 1. The Bertz CT molecular complexity index is 1630. The predicted molar refractivity (Wildman–Crippen MR) is 139 cm³/mol. The van der Waals surface area contributed by atoms with E-state index in [1.165, 1.54) is 7.11 Å². The second-order valence-corrected chi connectivity index (χ2v) is 9.09. The van der Waals surface area contributed by atoms with E-state index in [1.807, 2.05) is 31.3 Å². The first-order valence-corrected chi connectivity index (χ1v) is 12.2. The van der Waals surface area contributed by atoms with Crippen LogP contribution in [0.2, 0.25) is 0 Å². The molecule has 1 aliphatic carbocycles. The number of hydrogen-bond donors (Lipinski definition) is 3. The minimum Gasteiger partial charge on any atom is -0.495 e. The van der Waals surface area contributed by atoms with E-state index in [0.717, 1.165) is 47.7 Å². The van der Waals surface area contributed by atoms with Gasteiger partial charge in [-0.2, -0.15) is 9.97 Å². The molecule has 188 valence electrons. The number of H-pyrrole nitrogens is 1. The number of aromatic amines is 1. The highest BCUT2D eigenvalue weighted by molar-refractivity contribution is 6.01. The van der Waals surface area contributed by atoms with Gasteiger partial charge in [0.15, 0.2) is 11.5 Å². The van der Waals surface area contributed by atoms with E-state index in [-0.39, 0.29) is 17.6 Å². The summed E-state index contributed by atoms with van der Waals surface area (Å²) in [4.78, 5) is 29.2. The lowest BCUT2D eigenvalue weighted by molar-refractivity contribution is 0.100. The number of primary amides is 1. The Kier molecular flexibility index (Phi) is 5.63. The zero-order valence-corrected chi connectivity index (χ0v) is 20.5. The highest BCUT2D eigenvalue weighted by Crippen LogP contribution is 2.38. The van der Waals surface area contributed by atoms with E-state index in [1.54, 1.807) is 18.2 Å². The number of carbonyl (C=O) groups excluding carboxylic acids is 1. The first kappa shape index (κ1) is 22.8. The molecule has 3 aromatic heterocycles. The lowest BCUT2D eigenvalue weighted by atomic mass is 10.1.